The van der Waals surface area contributed by atoms with Gasteiger partial charge in [-0.05, 0) is 73.8 Å². The number of nitrogens with one attached hydrogen (secondary N) is 1. The highest BCUT2D eigenvalue weighted by Gasteiger charge is 2.74. The molecule has 3 N–H and O–H groups in total. The fourth-order valence-corrected chi connectivity index (χ4v) is 6.36. The molecule has 7 rings (SSSR count). The minimum absolute atomic E-state index is 0.0228. The summed E-state index contributed by atoms with van der Waals surface area (Å²) >= 11 is 0. The fourth-order valence-electron chi connectivity index (χ4n) is 6.36. The largest absolute Gasteiger partial charge is 0.389 e. The van der Waals surface area contributed by atoms with E-state index in [1.54, 1.807) is 48.3 Å². The van der Waals surface area contributed by atoms with Crippen LogP contribution < -0.4 is 5.32 Å². The molecular formula is C30H27FN6O3. The molecule has 0 bridgehead atoms. The second-order valence-electron chi connectivity index (χ2n) is 11.1. The van der Waals surface area contributed by atoms with E-state index in [-0.39, 0.29) is 35.3 Å². The molecule has 0 saturated heterocycles. The molecule has 3 fully saturated rings. The molecule has 3 heterocycles. The Kier molecular flexibility index (Phi) is 5.53. The van der Waals surface area contributed by atoms with Gasteiger partial charge >= 0.3 is 0 Å². The molecule has 0 aliphatic heterocycles. The molecule has 1 aromatic carbocycles. The first kappa shape index (κ1) is 24.8. The van der Waals surface area contributed by atoms with Crippen molar-refractivity contribution >= 4 is 22.8 Å². The van der Waals surface area contributed by atoms with Gasteiger partial charge in [-0.3, -0.25) is 4.79 Å². The Morgan fingerprint density at radius 3 is 2.75 bits per heavy atom. The van der Waals surface area contributed by atoms with Gasteiger partial charge < -0.3 is 20.1 Å². The number of carbonyl (C=O) groups is 1. The molecule has 3 aliphatic rings. The summed E-state index contributed by atoms with van der Waals surface area (Å²) in [5.74, 6) is 6.25. The van der Waals surface area contributed by atoms with E-state index in [4.69, 9.17) is 0 Å². The van der Waals surface area contributed by atoms with Crippen LogP contribution in [0, 0.1) is 35.9 Å². The minimum Gasteiger partial charge on any atom is -0.389 e. The number of rotatable bonds is 5. The van der Waals surface area contributed by atoms with Gasteiger partial charge in [-0.15, -0.1) is 0 Å². The number of fused-ring (bicyclic) bond motifs is 2. The number of carbonyl (C=O) groups excluding carboxylic acids is 1. The van der Waals surface area contributed by atoms with E-state index in [9.17, 15) is 19.4 Å². The number of Topliss-reactive ketones (excluding diaryl/α,β-unsaturated/α-hetero) is 1. The Morgan fingerprint density at radius 1 is 1.18 bits per heavy atom. The summed E-state index contributed by atoms with van der Waals surface area (Å²) in [4.78, 5) is 30.6. The molecule has 40 heavy (non-hydrogen) atoms. The molecule has 3 unspecified atom stereocenters. The Labute approximate surface area is 229 Å². The number of pyridine rings is 1. The average Bonchev–Trinajstić information content (AvgIpc) is 3.83. The zero-order valence-electron chi connectivity index (χ0n) is 21.9. The maximum Gasteiger partial charge on any atom is 0.209 e. The van der Waals surface area contributed by atoms with Crippen LogP contribution in [0.4, 0.5) is 10.2 Å². The quantitative estimate of drug-likeness (QED) is 0.331. The molecule has 3 aliphatic carbocycles. The van der Waals surface area contributed by atoms with Gasteiger partial charge in [-0.1, -0.05) is 18.2 Å². The lowest BCUT2D eigenvalue weighted by atomic mass is 9.95. The number of aliphatic hydroxyl groups is 2. The van der Waals surface area contributed by atoms with Crippen molar-refractivity contribution in [1.29, 1.82) is 0 Å². The van der Waals surface area contributed by atoms with Crippen LogP contribution in [0.25, 0.3) is 11.2 Å². The van der Waals surface area contributed by atoms with Crippen molar-refractivity contribution in [2.45, 2.75) is 56.9 Å². The van der Waals surface area contributed by atoms with Crippen molar-refractivity contribution < 1.29 is 19.4 Å². The van der Waals surface area contributed by atoms with Crippen molar-refractivity contribution in [3.63, 3.8) is 0 Å². The van der Waals surface area contributed by atoms with Crippen LogP contribution in [-0.4, -0.2) is 58.7 Å². The van der Waals surface area contributed by atoms with Crippen molar-refractivity contribution in [2.24, 2.45) is 11.3 Å². The van der Waals surface area contributed by atoms with Crippen LogP contribution in [0.2, 0.25) is 0 Å². The summed E-state index contributed by atoms with van der Waals surface area (Å²) in [6, 6.07) is 10.2. The molecule has 7 atom stereocenters. The fraction of sp³-hybridized carbons (Fsp3) is 0.367. The topological polar surface area (TPSA) is 126 Å². The third-order valence-corrected chi connectivity index (χ3v) is 8.77. The van der Waals surface area contributed by atoms with E-state index in [0.717, 1.165) is 12.0 Å². The normalized spacial score (nSPS) is 29.9. The van der Waals surface area contributed by atoms with Crippen molar-refractivity contribution in [3.05, 3.63) is 77.4 Å². The number of nitrogens with zero attached hydrogens (tertiary/aromatic N) is 5. The van der Waals surface area contributed by atoms with Gasteiger partial charge in [-0.2, -0.15) is 0 Å². The van der Waals surface area contributed by atoms with Crippen LogP contribution in [0.3, 0.4) is 0 Å². The first-order chi connectivity index (χ1) is 19.3. The van der Waals surface area contributed by atoms with Crippen LogP contribution >= 0.6 is 0 Å². The Bertz CT molecular complexity index is 1730. The molecule has 9 nitrogen and oxygen atoms in total. The van der Waals surface area contributed by atoms with Crippen LogP contribution in [-0.2, 0) is 4.79 Å². The molecule has 202 valence electrons. The number of imidazole rings is 1. The summed E-state index contributed by atoms with van der Waals surface area (Å²) in [6.07, 6.45) is 2.25. The Morgan fingerprint density at radius 2 is 2.02 bits per heavy atom. The third-order valence-electron chi connectivity index (χ3n) is 8.77. The summed E-state index contributed by atoms with van der Waals surface area (Å²) in [7, 11) is 0. The first-order valence-electron chi connectivity index (χ1n) is 13.4. The number of ketones is 1. The van der Waals surface area contributed by atoms with Gasteiger partial charge in [0.25, 0.3) is 0 Å². The van der Waals surface area contributed by atoms with Crippen LogP contribution in [0.15, 0.2) is 48.9 Å². The van der Waals surface area contributed by atoms with Gasteiger partial charge in [0.2, 0.25) is 5.82 Å². The van der Waals surface area contributed by atoms with E-state index in [1.807, 2.05) is 12.1 Å². The summed E-state index contributed by atoms with van der Waals surface area (Å²) in [6.45, 7) is 3.21. The lowest BCUT2D eigenvalue weighted by Crippen LogP contribution is -2.36. The smallest absolute Gasteiger partial charge is 0.209 e. The van der Waals surface area contributed by atoms with Crippen LogP contribution in [0.5, 0.6) is 0 Å². The van der Waals surface area contributed by atoms with Crippen molar-refractivity contribution in [3.8, 4) is 11.8 Å². The summed E-state index contributed by atoms with van der Waals surface area (Å²) in [5.41, 5.74) is 2.11. The molecule has 10 heteroatoms. The number of benzene rings is 1. The molecule has 3 aromatic heterocycles. The Hall–Kier alpha value is -4.20. The standard InChI is InChI=1S/C30H27FN6O3/c1-15-6-7-17(11-21(15)31)19-12-22(19)34-28-24-29(36-23(35-28)9-8-18-5-3-4-10-32-18)37(14-33-24)25-20-13-30(20,16(2)38)27(40)26(25)39/h3-7,10-11,14,19-20,22,25-27,39-40H,12-13H2,1-2H3,(H,34,35,36)/t19?,20?,22-,25-,26+,27?,30-/m1/s1. The molecule has 0 radical (unpaired) electrons. The molecule has 3 saturated carbocycles. The lowest BCUT2D eigenvalue weighted by molar-refractivity contribution is -0.128. The number of aliphatic hydroxyl groups excluding tert-OH is 2. The summed E-state index contributed by atoms with van der Waals surface area (Å²) in [5, 5.41) is 25.2. The lowest BCUT2D eigenvalue weighted by Gasteiger charge is -2.23. The maximum absolute atomic E-state index is 14.2. The first-order valence-corrected chi connectivity index (χ1v) is 13.4. The number of aromatic nitrogens is 5. The van der Waals surface area contributed by atoms with E-state index < -0.39 is 23.7 Å². The highest BCUT2D eigenvalue weighted by atomic mass is 19.1. The van der Waals surface area contributed by atoms with Crippen molar-refractivity contribution in [2.75, 3.05) is 5.32 Å². The molecule has 0 amide bonds. The SMILES string of the molecule is CC(=O)[C@]12CC1[C@@H](n1cnc3c(N[C@@H]4CC4c4ccc(C)c(F)c4)nc(C#Cc4ccccn4)nc31)[C@H](O)C2O. The third kappa shape index (κ3) is 3.80. The highest BCUT2D eigenvalue weighted by Crippen LogP contribution is 2.68. The van der Waals surface area contributed by atoms with Gasteiger partial charge in [0.15, 0.2) is 17.0 Å². The number of halogens is 1. The number of hydrogen-bond acceptors (Lipinski definition) is 8. The van der Waals surface area contributed by atoms with Crippen molar-refractivity contribution in [1.82, 2.24) is 24.5 Å². The predicted molar refractivity (Wildman–Crippen MR) is 144 cm³/mol. The monoisotopic (exact) mass is 538 g/mol. The molecular weight excluding hydrogens is 511 g/mol. The molecule has 4 aromatic rings. The second-order valence-corrected chi connectivity index (χ2v) is 11.1. The zero-order valence-corrected chi connectivity index (χ0v) is 21.9. The van der Waals surface area contributed by atoms with E-state index >= 15 is 0 Å². The van der Waals surface area contributed by atoms with E-state index in [1.165, 1.54) is 6.92 Å². The summed E-state index contributed by atoms with van der Waals surface area (Å²) < 4.78 is 15.9. The number of aryl methyl sites for hydroxylation is 1. The van der Waals surface area contributed by atoms with Gasteiger partial charge in [0.1, 0.15) is 23.4 Å². The second kappa shape index (κ2) is 8.91. The van der Waals surface area contributed by atoms with Gasteiger partial charge in [0.05, 0.1) is 23.9 Å². The highest BCUT2D eigenvalue weighted by molar-refractivity contribution is 5.88. The zero-order chi connectivity index (χ0) is 27.8. The maximum atomic E-state index is 14.2. The number of hydrogen-bond donors (Lipinski definition) is 3. The average molecular weight is 539 g/mol. The van der Waals surface area contributed by atoms with E-state index in [2.05, 4.69) is 37.1 Å². The predicted octanol–water partition coefficient (Wildman–Crippen LogP) is 2.91. The molecule has 0 spiro atoms. The van der Waals surface area contributed by atoms with Crippen LogP contribution in [0.1, 0.15) is 54.4 Å². The van der Waals surface area contributed by atoms with E-state index in [0.29, 0.717) is 34.7 Å². The minimum atomic E-state index is -1.15. The van der Waals surface area contributed by atoms with Gasteiger partial charge in [0, 0.05) is 18.2 Å². The Balaban J connectivity index is 1.27. The van der Waals surface area contributed by atoms with Gasteiger partial charge in [-0.25, -0.2) is 24.3 Å². The number of anilines is 1.